The zero-order valence-corrected chi connectivity index (χ0v) is 24.0. The van der Waals surface area contributed by atoms with Gasteiger partial charge >= 0.3 is 0 Å². The van der Waals surface area contributed by atoms with Crippen molar-refractivity contribution < 1.29 is 9.47 Å². The van der Waals surface area contributed by atoms with Crippen molar-refractivity contribution in [1.82, 2.24) is 9.66 Å². The fraction of sp³-hybridized carbons (Fsp3) is 0.222. The highest BCUT2D eigenvalue weighted by Gasteiger charge is 2.15. The number of nitrogens with zero attached hydrogens (tertiary/aromatic N) is 3. The van der Waals surface area contributed by atoms with E-state index in [9.17, 15) is 4.79 Å². The quantitative estimate of drug-likeness (QED) is 0.178. The van der Waals surface area contributed by atoms with Crippen molar-refractivity contribution in [2.75, 3.05) is 7.11 Å². The molecule has 1 heterocycles. The van der Waals surface area contributed by atoms with E-state index in [1.54, 1.807) is 36.4 Å². The molecule has 0 aliphatic carbocycles. The molecular weight excluding hydrogens is 601 g/mol. The Kier molecular flexibility index (Phi) is 9.13. The van der Waals surface area contributed by atoms with Crippen LogP contribution in [0.4, 0.5) is 0 Å². The Balaban J connectivity index is 1.77. The van der Waals surface area contributed by atoms with E-state index in [2.05, 4.69) is 28.0 Å². The van der Waals surface area contributed by atoms with Gasteiger partial charge in [0.25, 0.3) is 5.56 Å². The largest absolute Gasteiger partial charge is 0.493 e. The van der Waals surface area contributed by atoms with E-state index in [0.29, 0.717) is 55.3 Å². The summed E-state index contributed by atoms with van der Waals surface area (Å²) in [6.07, 6.45) is 3.95. The Morgan fingerprint density at radius 1 is 1.08 bits per heavy atom. The average Bonchev–Trinajstić information content (AvgIpc) is 2.87. The van der Waals surface area contributed by atoms with E-state index >= 15 is 0 Å². The summed E-state index contributed by atoms with van der Waals surface area (Å²) in [5.41, 5.74) is 1.63. The van der Waals surface area contributed by atoms with Gasteiger partial charge < -0.3 is 9.47 Å². The Morgan fingerprint density at radius 2 is 1.89 bits per heavy atom. The maximum atomic E-state index is 13.4. The molecule has 10 heteroatoms. The first-order valence-corrected chi connectivity index (χ1v) is 13.4. The number of fused-ring (bicyclic) bond motifs is 1. The molecule has 0 N–H and O–H groups in total. The van der Waals surface area contributed by atoms with Crippen LogP contribution in [0.5, 0.6) is 11.5 Å². The summed E-state index contributed by atoms with van der Waals surface area (Å²) in [5.74, 6) is 1.39. The lowest BCUT2D eigenvalue weighted by Gasteiger charge is -2.15. The van der Waals surface area contributed by atoms with Crippen LogP contribution in [0.2, 0.25) is 15.1 Å². The maximum absolute atomic E-state index is 13.4. The molecular formula is C27H23BrCl3N3O3. The third-order valence-corrected chi connectivity index (χ3v) is 6.90. The van der Waals surface area contributed by atoms with Crippen molar-refractivity contribution in [3.05, 3.63) is 95.4 Å². The van der Waals surface area contributed by atoms with Gasteiger partial charge in [-0.15, -0.1) is 0 Å². The van der Waals surface area contributed by atoms with E-state index in [1.165, 1.54) is 18.0 Å². The highest BCUT2D eigenvalue weighted by Crippen LogP contribution is 2.35. The topological polar surface area (TPSA) is 65.7 Å². The lowest BCUT2D eigenvalue weighted by molar-refractivity contribution is 0.284. The number of hydrogen-bond donors (Lipinski definition) is 0. The summed E-state index contributed by atoms with van der Waals surface area (Å²) in [6, 6.07) is 13.9. The third kappa shape index (κ3) is 6.47. The molecule has 0 spiro atoms. The van der Waals surface area contributed by atoms with Crippen LogP contribution in [0.25, 0.3) is 10.9 Å². The number of unbranched alkanes of at least 4 members (excludes halogenated alkanes) is 1. The van der Waals surface area contributed by atoms with Crippen LogP contribution in [0.3, 0.4) is 0 Å². The molecule has 0 saturated heterocycles. The summed E-state index contributed by atoms with van der Waals surface area (Å²) < 4.78 is 13.7. The monoisotopic (exact) mass is 621 g/mol. The number of aromatic nitrogens is 2. The number of rotatable bonds is 9. The number of halogens is 4. The van der Waals surface area contributed by atoms with Gasteiger partial charge in [0.1, 0.15) is 12.4 Å². The van der Waals surface area contributed by atoms with Gasteiger partial charge in [-0.1, -0.05) is 70.1 Å². The summed E-state index contributed by atoms with van der Waals surface area (Å²) in [7, 11) is 1.52. The van der Waals surface area contributed by atoms with E-state index in [1.807, 2.05) is 12.1 Å². The van der Waals surface area contributed by atoms with Gasteiger partial charge in [0, 0.05) is 43.2 Å². The zero-order chi connectivity index (χ0) is 26.5. The molecule has 6 nitrogen and oxygen atoms in total. The Labute approximate surface area is 237 Å². The normalized spacial score (nSPS) is 11.4. The van der Waals surface area contributed by atoms with Crippen molar-refractivity contribution >= 4 is 67.9 Å². The van der Waals surface area contributed by atoms with Crippen molar-refractivity contribution in [3.8, 4) is 11.5 Å². The Hall–Kier alpha value is -2.58. The van der Waals surface area contributed by atoms with Crippen LogP contribution < -0.4 is 15.0 Å². The van der Waals surface area contributed by atoms with Gasteiger partial charge in [-0.05, 0) is 42.8 Å². The van der Waals surface area contributed by atoms with Crippen molar-refractivity contribution in [2.24, 2.45) is 5.10 Å². The van der Waals surface area contributed by atoms with Gasteiger partial charge in [0.2, 0.25) is 0 Å². The molecule has 37 heavy (non-hydrogen) atoms. The molecule has 4 aromatic rings. The fourth-order valence-electron chi connectivity index (χ4n) is 3.71. The highest BCUT2D eigenvalue weighted by molar-refractivity contribution is 9.10. The second-order valence-corrected chi connectivity index (χ2v) is 10.4. The van der Waals surface area contributed by atoms with E-state index in [4.69, 9.17) is 49.3 Å². The SMILES string of the molecule is CCCCc1nc2ccc(Br)cc2c(=O)n1N=Cc1cc(Cl)cc(OC)c1OCc1ccc(Cl)cc1Cl. The standard InChI is InChI=1S/C27H23BrCl3N3O3/c1-3-4-5-25-33-23-9-7-18(28)11-21(23)27(35)34(25)32-14-17-10-20(30)13-24(36-2)26(17)37-15-16-6-8-19(29)12-22(16)31/h6-14H,3-5,15H2,1-2H3. The molecule has 1 aromatic heterocycles. The molecule has 0 fully saturated rings. The van der Waals surface area contributed by atoms with Gasteiger partial charge in [-0.2, -0.15) is 9.78 Å². The summed E-state index contributed by atoms with van der Waals surface area (Å²) in [5, 5.41) is 6.44. The second kappa shape index (κ2) is 12.3. The molecule has 3 aromatic carbocycles. The highest BCUT2D eigenvalue weighted by atomic mass is 79.9. The minimum absolute atomic E-state index is 0.155. The predicted octanol–water partition coefficient (Wildman–Crippen LogP) is 7.93. The predicted molar refractivity (Wildman–Crippen MR) is 154 cm³/mol. The van der Waals surface area contributed by atoms with Crippen molar-refractivity contribution in [2.45, 2.75) is 32.8 Å². The van der Waals surface area contributed by atoms with Gasteiger partial charge in [-0.25, -0.2) is 4.98 Å². The van der Waals surface area contributed by atoms with Gasteiger partial charge in [0.05, 0.1) is 24.2 Å². The molecule has 0 bridgehead atoms. The lowest BCUT2D eigenvalue weighted by atomic mass is 10.2. The molecule has 0 amide bonds. The fourth-order valence-corrected chi connectivity index (χ4v) is 4.75. The number of aryl methyl sites for hydroxylation is 1. The second-order valence-electron chi connectivity index (χ2n) is 8.21. The minimum atomic E-state index is -0.266. The van der Waals surface area contributed by atoms with Crippen molar-refractivity contribution in [3.63, 3.8) is 0 Å². The lowest BCUT2D eigenvalue weighted by Crippen LogP contribution is -2.22. The van der Waals surface area contributed by atoms with Crippen LogP contribution >= 0.6 is 50.7 Å². The van der Waals surface area contributed by atoms with Crippen LogP contribution in [0.15, 0.2) is 62.9 Å². The number of benzene rings is 3. The van der Waals surface area contributed by atoms with E-state index in [-0.39, 0.29) is 12.2 Å². The maximum Gasteiger partial charge on any atom is 0.282 e. The Morgan fingerprint density at radius 3 is 2.62 bits per heavy atom. The van der Waals surface area contributed by atoms with E-state index in [0.717, 1.165) is 22.9 Å². The first-order chi connectivity index (χ1) is 17.8. The minimum Gasteiger partial charge on any atom is -0.493 e. The average molecular weight is 624 g/mol. The van der Waals surface area contributed by atoms with E-state index < -0.39 is 0 Å². The van der Waals surface area contributed by atoms with Crippen LogP contribution in [-0.4, -0.2) is 23.0 Å². The number of methoxy groups -OCH3 is 1. The molecule has 4 rings (SSSR count). The first-order valence-electron chi connectivity index (χ1n) is 11.5. The zero-order valence-electron chi connectivity index (χ0n) is 20.1. The molecule has 0 aliphatic rings. The summed E-state index contributed by atoms with van der Waals surface area (Å²) in [6.45, 7) is 2.24. The number of ether oxygens (including phenoxy) is 2. The molecule has 0 aliphatic heterocycles. The summed E-state index contributed by atoms with van der Waals surface area (Å²) in [4.78, 5) is 18.1. The smallest absolute Gasteiger partial charge is 0.282 e. The van der Waals surface area contributed by atoms with Crippen molar-refractivity contribution in [1.29, 1.82) is 0 Å². The molecule has 192 valence electrons. The first kappa shape index (κ1) is 27.5. The molecule has 0 atom stereocenters. The van der Waals surface area contributed by atoms with Crippen LogP contribution in [-0.2, 0) is 13.0 Å². The molecule has 0 unspecified atom stereocenters. The Bertz CT molecular complexity index is 1540. The van der Waals surface area contributed by atoms with Gasteiger partial charge in [0.15, 0.2) is 11.5 Å². The third-order valence-electron chi connectivity index (χ3n) is 5.60. The van der Waals surface area contributed by atoms with Crippen LogP contribution in [0, 0.1) is 0 Å². The molecule has 0 saturated carbocycles. The van der Waals surface area contributed by atoms with Crippen LogP contribution in [0.1, 0.15) is 36.7 Å². The van der Waals surface area contributed by atoms with Gasteiger partial charge in [-0.3, -0.25) is 4.79 Å². The number of hydrogen-bond acceptors (Lipinski definition) is 5. The molecule has 0 radical (unpaired) electrons. The summed E-state index contributed by atoms with van der Waals surface area (Å²) >= 11 is 22.1.